The monoisotopic (exact) mass is 252 g/mol. The molecule has 0 radical (unpaired) electrons. The van der Waals surface area contributed by atoms with Gasteiger partial charge in [-0.1, -0.05) is 30.3 Å². The van der Waals surface area contributed by atoms with Crippen LogP contribution in [0.15, 0.2) is 42.5 Å². The molecule has 2 atom stereocenters. The molecule has 1 N–H and O–H groups in total. The molecule has 3 heterocycles. The number of benzene rings is 1. The van der Waals surface area contributed by atoms with Crippen LogP contribution in [0.2, 0.25) is 0 Å². The summed E-state index contributed by atoms with van der Waals surface area (Å²) in [6.07, 6.45) is 1.24. The summed E-state index contributed by atoms with van der Waals surface area (Å²) in [5, 5.41) is 12.3. The van der Waals surface area contributed by atoms with E-state index in [1.54, 1.807) is 0 Å². The Bertz CT molecular complexity index is 566. The van der Waals surface area contributed by atoms with E-state index in [-0.39, 0.29) is 0 Å². The van der Waals surface area contributed by atoms with E-state index in [0.717, 1.165) is 30.2 Å². The summed E-state index contributed by atoms with van der Waals surface area (Å²) in [6, 6.07) is 15.6. The summed E-state index contributed by atoms with van der Waals surface area (Å²) in [5.74, 6) is 1.01. The number of aromatic nitrogens is 2. The highest BCUT2D eigenvalue weighted by Crippen LogP contribution is 2.28. The third-order valence-electron chi connectivity index (χ3n) is 4.07. The fourth-order valence-electron chi connectivity index (χ4n) is 3.08. The zero-order valence-electron chi connectivity index (χ0n) is 10.7. The van der Waals surface area contributed by atoms with Gasteiger partial charge in [-0.25, -0.2) is 0 Å². The van der Waals surface area contributed by atoms with E-state index in [1.807, 2.05) is 18.2 Å². The van der Waals surface area contributed by atoms with Crippen LogP contribution in [0.3, 0.4) is 0 Å². The van der Waals surface area contributed by atoms with Crippen molar-refractivity contribution < 1.29 is 0 Å². The van der Waals surface area contributed by atoms with Crippen molar-refractivity contribution in [2.75, 3.05) is 18.0 Å². The predicted molar refractivity (Wildman–Crippen MR) is 75.0 cm³/mol. The fourth-order valence-corrected chi connectivity index (χ4v) is 3.08. The summed E-state index contributed by atoms with van der Waals surface area (Å²) in [5.41, 5.74) is 2.05. The molecule has 2 aromatic rings. The summed E-state index contributed by atoms with van der Waals surface area (Å²) in [4.78, 5) is 2.38. The largest absolute Gasteiger partial charge is 0.349 e. The van der Waals surface area contributed by atoms with E-state index in [2.05, 4.69) is 44.7 Å². The lowest BCUT2D eigenvalue weighted by atomic mass is 10.1. The highest BCUT2D eigenvalue weighted by molar-refractivity contribution is 5.59. The molecule has 0 spiro atoms. The fraction of sp³-hybridized carbons (Fsp3) is 0.333. The third-order valence-corrected chi connectivity index (χ3v) is 4.07. The zero-order valence-corrected chi connectivity index (χ0v) is 10.7. The third kappa shape index (κ3) is 1.88. The van der Waals surface area contributed by atoms with E-state index in [4.69, 9.17) is 0 Å². The number of nitrogens with one attached hydrogen (secondary N) is 1. The molecular weight excluding hydrogens is 236 g/mol. The first-order chi connectivity index (χ1) is 9.40. The molecule has 2 aliphatic rings. The van der Waals surface area contributed by atoms with Crippen molar-refractivity contribution in [1.82, 2.24) is 15.5 Å². The molecular formula is C15H16N4. The smallest absolute Gasteiger partial charge is 0.151 e. The van der Waals surface area contributed by atoms with Gasteiger partial charge in [0.15, 0.2) is 5.82 Å². The molecule has 2 bridgehead atoms. The molecule has 19 heavy (non-hydrogen) atoms. The first-order valence-electron chi connectivity index (χ1n) is 6.79. The number of fused-ring (bicyclic) bond motifs is 2. The Balaban J connectivity index is 1.60. The maximum absolute atomic E-state index is 4.40. The maximum atomic E-state index is 4.40. The summed E-state index contributed by atoms with van der Waals surface area (Å²) < 4.78 is 0. The highest BCUT2D eigenvalue weighted by Gasteiger charge is 2.38. The molecule has 96 valence electrons. The average Bonchev–Trinajstić information content (AvgIpc) is 3.11. The molecule has 1 aromatic carbocycles. The Morgan fingerprint density at radius 3 is 2.58 bits per heavy atom. The van der Waals surface area contributed by atoms with E-state index in [1.165, 1.54) is 6.42 Å². The minimum atomic E-state index is 0.599. The zero-order chi connectivity index (χ0) is 12.7. The van der Waals surface area contributed by atoms with Crippen molar-refractivity contribution in [3.63, 3.8) is 0 Å². The normalized spacial score (nSPS) is 24.9. The molecule has 4 nitrogen and oxygen atoms in total. The summed E-state index contributed by atoms with van der Waals surface area (Å²) in [7, 11) is 0. The second kappa shape index (κ2) is 4.31. The molecule has 1 aromatic heterocycles. The van der Waals surface area contributed by atoms with Gasteiger partial charge < -0.3 is 10.2 Å². The van der Waals surface area contributed by atoms with Crippen LogP contribution in [0.4, 0.5) is 5.82 Å². The molecule has 2 saturated heterocycles. The van der Waals surface area contributed by atoms with Crippen molar-refractivity contribution in [2.24, 2.45) is 0 Å². The molecule has 0 saturated carbocycles. The molecule has 0 amide bonds. The van der Waals surface area contributed by atoms with Gasteiger partial charge in [0.1, 0.15) is 0 Å². The Morgan fingerprint density at radius 2 is 1.95 bits per heavy atom. The van der Waals surface area contributed by atoms with Gasteiger partial charge in [0.2, 0.25) is 0 Å². The molecule has 4 heteroatoms. The second-order valence-corrected chi connectivity index (χ2v) is 5.29. The van der Waals surface area contributed by atoms with E-state index in [9.17, 15) is 0 Å². The molecule has 2 aliphatic heterocycles. The average molecular weight is 252 g/mol. The van der Waals surface area contributed by atoms with Crippen LogP contribution in [0.25, 0.3) is 11.3 Å². The number of piperazine rings is 1. The number of hydrogen-bond acceptors (Lipinski definition) is 4. The highest BCUT2D eigenvalue weighted by atomic mass is 15.3. The molecule has 0 unspecified atom stereocenters. The Kier molecular flexibility index (Phi) is 2.48. The van der Waals surface area contributed by atoms with Crippen LogP contribution < -0.4 is 10.2 Å². The Morgan fingerprint density at radius 1 is 1.05 bits per heavy atom. The van der Waals surface area contributed by atoms with Gasteiger partial charge in [-0.05, 0) is 18.6 Å². The number of hydrogen-bond donors (Lipinski definition) is 1. The SMILES string of the molecule is c1ccc(-c2ccc(N3C[C@@H]4C[C@H]3CN4)nn2)cc1. The Labute approximate surface area is 112 Å². The van der Waals surface area contributed by atoms with E-state index >= 15 is 0 Å². The van der Waals surface area contributed by atoms with Crippen LogP contribution in [-0.4, -0.2) is 35.4 Å². The van der Waals surface area contributed by atoms with Gasteiger partial charge >= 0.3 is 0 Å². The van der Waals surface area contributed by atoms with Gasteiger partial charge in [-0.15, -0.1) is 10.2 Å². The molecule has 4 rings (SSSR count). The van der Waals surface area contributed by atoms with Crippen LogP contribution in [0.5, 0.6) is 0 Å². The molecule has 0 aliphatic carbocycles. The number of nitrogens with zero attached hydrogens (tertiary/aromatic N) is 3. The second-order valence-electron chi connectivity index (χ2n) is 5.29. The summed E-state index contributed by atoms with van der Waals surface area (Å²) in [6.45, 7) is 2.14. The first kappa shape index (κ1) is 10.9. The van der Waals surface area contributed by atoms with Crippen molar-refractivity contribution in [1.29, 1.82) is 0 Å². The minimum absolute atomic E-state index is 0.599. The van der Waals surface area contributed by atoms with Crippen molar-refractivity contribution >= 4 is 5.82 Å². The van der Waals surface area contributed by atoms with E-state index < -0.39 is 0 Å². The maximum Gasteiger partial charge on any atom is 0.151 e. The molecule has 2 fully saturated rings. The van der Waals surface area contributed by atoms with Gasteiger partial charge in [-0.3, -0.25) is 0 Å². The quantitative estimate of drug-likeness (QED) is 0.883. The minimum Gasteiger partial charge on any atom is -0.349 e. The van der Waals surface area contributed by atoms with Gasteiger partial charge in [0.25, 0.3) is 0 Å². The standard InChI is InChI=1S/C15H16N4/c1-2-4-11(5-3-1)14-6-7-15(18-17-14)19-10-12-8-13(19)9-16-12/h1-7,12-13,16H,8-10H2/t12-,13-/m0/s1. The van der Waals surface area contributed by atoms with Crippen molar-refractivity contribution in [3.8, 4) is 11.3 Å². The van der Waals surface area contributed by atoms with Crippen LogP contribution in [-0.2, 0) is 0 Å². The lowest BCUT2D eigenvalue weighted by Crippen LogP contribution is -2.44. The predicted octanol–water partition coefficient (Wildman–Crippen LogP) is 1.69. The van der Waals surface area contributed by atoms with E-state index in [0.29, 0.717) is 12.1 Å². The van der Waals surface area contributed by atoms with Crippen LogP contribution >= 0.6 is 0 Å². The lowest BCUT2D eigenvalue weighted by molar-refractivity contribution is 0.574. The van der Waals surface area contributed by atoms with Crippen molar-refractivity contribution in [2.45, 2.75) is 18.5 Å². The van der Waals surface area contributed by atoms with Crippen molar-refractivity contribution in [3.05, 3.63) is 42.5 Å². The van der Waals surface area contributed by atoms with Crippen LogP contribution in [0.1, 0.15) is 6.42 Å². The lowest BCUT2D eigenvalue weighted by Gasteiger charge is -2.27. The summed E-state index contributed by atoms with van der Waals surface area (Å²) >= 11 is 0. The Hall–Kier alpha value is -1.94. The van der Waals surface area contributed by atoms with Gasteiger partial charge in [0, 0.05) is 30.7 Å². The van der Waals surface area contributed by atoms with Crippen LogP contribution in [0, 0.1) is 0 Å². The number of anilines is 1. The first-order valence-corrected chi connectivity index (χ1v) is 6.79. The van der Waals surface area contributed by atoms with Gasteiger partial charge in [0.05, 0.1) is 5.69 Å². The van der Waals surface area contributed by atoms with Gasteiger partial charge in [-0.2, -0.15) is 0 Å². The number of rotatable bonds is 2. The topological polar surface area (TPSA) is 41.0 Å².